The molecule has 0 aliphatic carbocycles. The number of allylic oxidation sites excluding steroid dienone is 1. The zero-order valence-corrected chi connectivity index (χ0v) is 42.6. The molecule has 3 aliphatic rings. The molecule has 21 heteroatoms. The van der Waals surface area contributed by atoms with E-state index in [-0.39, 0.29) is 68.8 Å². The van der Waals surface area contributed by atoms with Crippen LogP contribution in [-0.4, -0.2) is 192 Å². The normalized spacial score (nSPS) is 15.9. The molecule has 3 N–H and O–H groups in total. The van der Waals surface area contributed by atoms with Crippen LogP contribution in [0.25, 0.3) is 11.6 Å². The van der Waals surface area contributed by atoms with Crippen molar-refractivity contribution in [2.24, 2.45) is 0 Å². The molecular formula is C47H69N7O10S4. The van der Waals surface area contributed by atoms with E-state index in [1.807, 2.05) is 46.2 Å². The molecule has 0 unspecified atom stereocenters. The van der Waals surface area contributed by atoms with Crippen LogP contribution in [0.4, 0.5) is 15.3 Å². The molecule has 5 rings (SSSR count). The Morgan fingerprint density at radius 1 is 0.574 bits per heavy atom. The summed E-state index contributed by atoms with van der Waals surface area (Å²) in [5.41, 5.74) is 5.20. The zero-order valence-electron chi connectivity index (χ0n) is 39.3. The van der Waals surface area contributed by atoms with E-state index >= 15 is 0 Å². The Morgan fingerprint density at radius 2 is 1.06 bits per heavy atom. The maximum absolute atomic E-state index is 13.5. The molecule has 0 saturated carbocycles. The molecule has 0 spiro atoms. The van der Waals surface area contributed by atoms with Gasteiger partial charge in [0, 0.05) is 94.8 Å². The minimum absolute atomic E-state index is 0.0580. The molecule has 2 saturated heterocycles. The van der Waals surface area contributed by atoms with Crippen molar-refractivity contribution in [2.45, 2.75) is 32.7 Å². The van der Waals surface area contributed by atoms with Crippen molar-refractivity contribution in [3.63, 3.8) is 0 Å². The highest BCUT2D eigenvalue weighted by Crippen LogP contribution is 2.32. The van der Waals surface area contributed by atoms with Crippen molar-refractivity contribution in [2.75, 3.05) is 153 Å². The summed E-state index contributed by atoms with van der Waals surface area (Å²) in [7, 11) is 7.09. The summed E-state index contributed by atoms with van der Waals surface area (Å²) in [5.74, 6) is 3.19. The number of urea groups is 2. The molecule has 376 valence electrons. The van der Waals surface area contributed by atoms with Gasteiger partial charge < -0.3 is 59.2 Å². The van der Waals surface area contributed by atoms with Crippen LogP contribution < -0.4 is 20.9 Å². The monoisotopic (exact) mass is 1020 g/mol. The van der Waals surface area contributed by atoms with Crippen LogP contribution >= 0.6 is 43.2 Å². The first-order valence-corrected chi connectivity index (χ1v) is 28.4. The Hall–Kier alpha value is -3.67. The average molecular weight is 1020 g/mol. The van der Waals surface area contributed by atoms with Crippen molar-refractivity contribution in [1.29, 1.82) is 0 Å². The lowest BCUT2D eigenvalue weighted by molar-refractivity contribution is -0.132. The summed E-state index contributed by atoms with van der Waals surface area (Å²) >= 11 is 0. The highest BCUT2D eigenvalue weighted by molar-refractivity contribution is 8.77. The molecule has 2 fully saturated rings. The Bertz CT molecular complexity index is 1850. The van der Waals surface area contributed by atoms with Gasteiger partial charge in [0.25, 0.3) is 0 Å². The lowest BCUT2D eigenvalue weighted by atomic mass is 9.95. The lowest BCUT2D eigenvalue weighted by Gasteiger charge is -2.28. The summed E-state index contributed by atoms with van der Waals surface area (Å²) in [6.45, 7) is 10.3. The van der Waals surface area contributed by atoms with Gasteiger partial charge in [-0.25, -0.2) is 9.59 Å². The van der Waals surface area contributed by atoms with E-state index in [9.17, 15) is 24.0 Å². The zero-order chi connectivity index (χ0) is 48.0. The maximum Gasteiger partial charge on any atom is 0.317 e. The molecule has 0 bridgehead atoms. The number of para-hydroxylation sites is 1. The molecule has 17 nitrogen and oxygen atoms in total. The van der Waals surface area contributed by atoms with E-state index in [0.29, 0.717) is 112 Å². The minimum atomic E-state index is -0.177. The Balaban J connectivity index is 0.836. The molecule has 0 radical (unpaired) electrons. The van der Waals surface area contributed by atoms with Crippen molar-refractivity contribution in [3.8, 4) is 0 Å². The quantitative estimate of drug-likeness (QED) is 0.0795. The van der Waals surface area contributed by atoms with Crippen LogP contribution in [0.3, 0.4) is 0 Å². The molecule has 0 atom stereocenters. The number of nitrogens with zero attached hydrogens (tertiary/aromatic N) is 4. The predicted octanol–water partition coefficient (Wildman–Crippen LogP) is 5.11. The van der Waals surface area contributed by atoms with Crippen LogP contribution in [0.15, 0.2) is 48.5 Å². The fraction of sp³-hybridized carbons (Fsp3) is 0.596. The summed E-state index contributed by atoms with van der Waals surface area (Å²) in [4.78, 5) is 71.7. The number of carbonyl (C=O) groups is 5. The van der Waals surface area contributed by atoms with Crippen molar-refractivity contribution >= 4 is 90.3 Å². The fourth-order valence-electron chi connectivity index (χ4n) is 7.32. The van der Waals surface area contributed by atoms with Crippen LogP contribution in [0.5, 0.6) is 0 Å². The van der Waals surface area contributed by atoms with E-state index < -0.39 is 0 Å². The standard InChI is InChI=1S/C47H69N7O10S4/c1-38-36-39-6-3-5-9-42(39)54(37-40-7-2-4-8-41(38)40)45(57)10-13-48-43(55)11-22-60-24-26-62-28-30-64-31-29-63-27-25-61-23-12-44(56)51(16-14-49-46(58)52-18-32-65-66-33-19-52)17-15-50-47(59)53-20-34-67-68-35-21-53/h2-9,36H,10-35,37H2,1H3,(H,48,55)(H,49,58)(H,50,59)/b38-36-. The number of hydrogen-bond donors (Lipinski definition) is 3. The second-order valence-electron chi connectivity index (χ2n) is 15.8. The van der Waals surface area contributed by atoms with E-state index in [1.54, 1.807) is 53.0 Å². The van der Waals surface area contributed by atoms with E-state index in [1.165, 1.54) is 0 Å². The van der Waals surface area contributed by atoms with Crippen LogP contribution in [0.1, 0.15) is 42.9 Å². The predicted molar refractivity (Wildman–Crippen MR) is 275 cm³/mol. The van der Waals surface area contributed by atoms with Crippen molar-refractivity contribution < 1.29 is 47.7 Å². The van der Waals surface area contributed by atoms with E-state index in [0.717, 1.165) is 51.0 Å². The summed E-state index contributed by atoms with van der Waals surface area (Å²) in [6, 6.07) is 15.8. The van der Waals surface area contributed by atoms with Gasteiger partial charge in [-0.3, -0.25) is 14.4 Å². The third-order valence-corrected chi connectivity index (χ3v) is 15.7. The smallest absolute Gasteiger partial charge is 0.317 e. The number of anilines is 1. The number of carbonyl (C=O) groups excluding carboxylic acids is 5. The van der Waals surface area contributed by atoms with E-state index in [4.69, 9.17) is 23.7 Å². The highest BCUT2D eigenvalue weighted by atomic mass is 33.1. The van der Waals surface area contributed by atoms with Crippen molar-refractivity contribution in [1.82, 2.24) is 30.7 Å². The second kappa shape index (κ2) is 33.0. The number of amides is 7. The summed E-state index contributed by atoms with van der Waals surface area (Å²) < 4.78 is 27.9. The summed E-state index contributed by atoms with van der Waals surface area (Å²) in [6.07, 6.45) is 2.64. The first-order valence-electron chi connectivity index (χ1n) is 23.4. The summed E-state index contributed by atoms with van der Waals surface area (Å²) in [5, 5.41) is 8.75. The Kier molecular flexibility index (Phi) is 26.8. The molecule has 68 heavy (non-hydrogen) atoms. The number of nitrogens with one attached hydrogen (secondary N) is 3. The number of ether oxygens (including phenoxy) is 5. The molecule has 3 aliphatic heterocycles. The van der Waals surface area contributed by atoms with Gasteiger partial charge in [-0.15, -0.1) is 0 Å². The SMILES string of the molecule is C/C1=C/c2ccccc2N(C(=O)CCNC(=O)CCOCCOCCOCCOCCOCCC(=O)N(CCNC(=O)N2CCSSCC2)CCNC(=O)N2CCSSCC2)Cc2ccccc21. The Labute approximate surface area is 417 Å². The molecule has 7 amide bonds. The molecule has 3 heterocycles. The van der Waals surface area contributed by atoms with Crippen LogP contribution in [-0.2, 0) is 44.6 Å². The Morgan fingerprint density at radius 3 is 1.62 bits per heavy atom. The van der Waals surface area contributed by atoms with Crippen LogP contribution in [0, 0.1) is 0 Å². The largest absolute Gasteiger partial charge is 0.379 e. The van der Waals surface area contributed by atoms with Gasteiger partial charge in [-0.1, -0.05) is 85.6 Å². The molecule has 2 aromatic rings. The fourth-order valence-corrected chi connectivity index (χ4v) is 11.3. The highest BCUT2D eigenvalue weighted by Gasteiger charge is 2.23. The number of benzene rings is 2. The molecular weight excluding hydrogens is 951 g/mol. The maximum atomic E-state index is 13.5. The van der Waals surface area contributed by atoms with Gasteiger partial charge in [0.05, 0.1) is 84.7 Å². The number of rotatable bonds is 27. The third kappa shape index (κ3) is 20.7. The first kappa shape index (κ1) is 55.3. The van der Waals surface area contributed by atoms with Gasteiger partial charge in [-0.2, -0.15) is 0 Å². The van der Waals surface area contributed by atoms with Gasteiger partial charge in [-0.05, 0) is 41.3 Å². The number of hydrogen-bond acceptors (Lipinski definition) is 14. The van der Waals surface area contributed by atoms with Gasteiger partial charge in [0.1, 0.15) is 0 Å². The minimum Gasteiger partial charge on any atom is -0.379 e. The van der Waals surface area contributed by atoms with Gasteiger partial charge in [0.2, 0.25) is 17.7 Å². The van der Waals surface area contributed by atoms with Crippen LogP contribution in [0.2, 0.25) is 0 Å². The third-order valence-electron chi connectivity index (χ3n) is 10.9. The van der Waals surface area contributed by atoms with E-state index in [2.05, 4.69) is 41.1 Å². The van der Waals surface area contributed by atoms with Gasteiger partial charge >= 0.3 is 12.1 Å². The first-order chi connectivity index (χ1) is 33.3. The lowest BCUT2D eigenvalue weighted by Crippen LogP contribution is -2.48. The van der Waals surface area contributed by atoms with Crippen molar-refractivity contribution in [3.05, 3.63) is 65.2 Å². The second-order valence-corrected chi connectivity index (χ2v) is 21.2. The molecule has 0 aromatic heterocycles. The molecule has 2 aromatic carbocycles. The average Bonchev–Trinajstić information content (AvgIpc) is 3.80. The topological polar surface area (TPSA) is 181 Å². The number of fused-ring (bicyclic) bond motifs is 2. The van der Waals surface area contributed by atoms with Gasteiger partial charge in [0.15, 0.2) is 0 Å².